The van der Waals surface area contributed by atoms with E-state index in [4.69, 9.17) is 15.6 Å². The molecule has 1 saturated carbocycles. The molecule has 92 valence electrons. The van der Waals surface area contributed by atoms with Crippen molar-refractivity contribution in [1.29, 1.82) is 0 Å². The molecule has 0 spiro atoms. The Morgan fingerprint density at radius 3 is 3.00 bits per heavy atom. The van der Waals surface area contributed by atoms with Crippen molar-refractivity contribution in [1.82, 2.24) is 9.78 Å². The molecule has 18 heavy (non-hydrogen) atoms. The molecule has 1 aromatic carbocycles. The van der Waals surface area contributed by atoms with Gasteiger partial charge in [0.2, 0.25) is 0 Å². The Balaban J connectivity index is 1.84. The zero-order valence-electron chi connectivity index (χ0n) is 10.1. The Bertz CT molecular complexity index is 613. The van der Waals surface area contributed by atoms with Gasteiger partial charge in [0.1, 0.15) is 18.1 Å². The molecule has 1 aliphatic heterocycles. The third-order valence-electron chi connectivity index (χ3n) is 3.90. The lowest BCUT2D eigenvalue weighted by molar-refractivity contribution is 0.288. The molecule has 0 saturated heterocycles. The Morgan fingerprint density at radius 2 is 2.22 bits per heavy atom. The number of hydrogen-bond donors (Lipinski definition) is 1. The summed E-state index contributed by atoms with van der Waals surface area (Å²) in [5.41, 5.74) is 9.83. The molecule has 2 N–H and O–H groups in total. The van der Waals surface area contributed by atoms with E-state index in [0.717, 1.165) is 22.7 Å². The van der Waals surface area contributed by atoms with Crippen LogP contribution >= 0.6 is 0 Å². The van der Waals surface area contributed by atoms with Crippen LogP contribution < -0.4 is 10.5 Å². The Morgan fingerprint density at radius 1 is 1.33 bits per heavy atom. The average molecular weight is 241 g/mol. The third-order valence-corrected chi connectivity index (χ3v) is 3.90. The number of ether oxygens (including phenoxy) is 1. The van der Waals surface area contributed by atoms with Crippen molar-refractivity contribution in [3.05, 3.63) is 30.0 Å². The zero-order valence-corrected chi connectivity index (χ0v) is 10.1. The first-order valence-electron chi connectivity index (χ1n) is 6.42. The largest absolute Gasteiger partial charge is 0.488 e. The van der Waals surface area contributed by atoms with Gasteiger partial charge in [-0.1, -0.05) is 0 Å². The molecule has 1 aromatic heterocycles. The number of nitrogens with two attached hydrogens (primary N) is 1. The van der Waals surface area contributed by atoms with Gasteiger partial charge in [0, 0.05) is 23.0 Å². The zero-order chi connectivity index (χ0) is 12.1. The van der Waals surface area contributed by atoms with Crippen LogP contribution in [0.1, 0.15) is 30.9 Å². The quantitative estimate of drug-likeness (QED) is 0.781. The number of nitrogen functional groups attached to an aromatic ring is 1. The van der Waals surface area contributed by atoms with E-state index in [0.29, 0.717) is 12.6 Å². The number of anilines is 1. The van der Waals surface area contributed by atoms with E-state index in [1.54, 1.807) is 0 Å². The van der Waals surface area contributed by atoms with Crippen LogP contribution in [0, 0.1) is 0 Å². The summed E-state index contributed by atoms with van der Waals surface area (Å²) < 4.78 is 7.85. The van der Waals surface area contributed by atoms with E-state index >= 15 is 0 Å². The maximum absolute atomic E-state index is 5.85. The van der Waals surface area contributed by atoms with Crippen LogP contribution in [0.2, 0.25) is 0 Å². The first-order valence-corrected chi connectivity index (χ1v) is 6.42. The van der Waals surface area contributed by atoms with Gasteiger partial charge in [-0.05, 0) is 37.5 Å². The number of hydrogen-bond acceptors (Lipinski definition) is 3. The molecule has 4 rings (SSSR count). The van der Waals surface area contributed by atoms with Crippen LogP contribution in [-0.2, 0) is 6.61 Å². The average Bonchev–Trinajstić information content (AvgIpc) is 2.70. The van der Waals surface area contributed by atoms with Crippen LogP contribution in [0.25, 0.3) is 11.3 Å². The number of rotatable bonds is 1. The van der Waals surface area contributed by atoms with Gasteiger partial charge in [-0.25, -0.2) is 0 Å². The Kier molecular flexibility index (Phi) is 1.95. The van der Waals surface area contributed by atoms with Gasteiger partial charge in [0.05, 0.1) is 6.04 Å². The topological polar surface area (TPSA) is 53.1 Å². The summed E-state index contributed by atoms with van der Waals surface area (Å²) in [6.45, 7) is 0.610. The van der Waals surface area contributed by atoms with Crippen molar-refractivity contribution in [2.24, 2.45) is 0 Å². The first-order chi connectivity index (χ1) is 8.81. The van der Waals surface area contributed by atoms with Gasteiger partial charge in [-0.3, -0.25) is 4.68 Å². The molecule has 2 heterocycles. The molecular formula is C14H15N3O. The van der Waals surface area contributed by atoms with Gasteiger partial charge in [-0.2, -0.15) is 5.10 Å². The van der Waals surface area contributed by atoms with Crippen LogP contribution in [0.5, 0.6) is 5.75 Å². The lowest BCUT2D eigenvalue weighted by Gasteiger charge is -2.25. The van der Waals surface area contributed by atoms with E-state index < -0.39 is 0 Å². The van der Waals surface area contributed by atoms with E-state index in [2.05, 4.69) is 10.9 Å². The molecule has 4 nitrogen and oxygen atoms in total. The number of fused-ring (bicyclic) bond motifs is 3. The number of benzene rings is 1. The van der Waals surface area contributed by atoms with Crippen LogP contribution in [0.4, 0.5) is 5.69 Å². The highest BCUT2D eigenvalue weighted by molar-refractivity contribution is 5.74. The molecule has 1 aliphatic carbocycles. The predicted molar refractivity (Wildman–Crippen MR) is 69.3 cm³/mol. The molecular weight excluding hydrogens is 226 g/mol. The van der Waals surface area contributed by atoms with Crippen molar-refractivity contribution >= 4 is 5.69 Å². The number of aromatic nitrogens is 2. The summed E-state index contributed by atoms with van der Waals surface area (Å²) in [4.78, 5) is 0. The summed E-state index contributed by atoms with van der Waals surface area (Å²) >= 11 is 0. The highest BCUT2D eigenvalue weighted by Crippen LogP contribution is 2.39. The van der Waals surface area contributed by atoms with Crippen LogP contribution in [-0.4, -0.2) is 9.78 Å². The molecule has 2 aromatic rings. The summed E-state index contributed by atoms with van der Waals surface area (Å²) in [6.07, 6.45) is 5.93. The minimum Gasteiger partial charge on any atom is -0.488 e. The fraction of sp³-hybridized carbons (Fsp3) is 0.357. The lowest BCUT2D eigenvalue weighted by atomic mass is 9.93. The van der Waals surface area contributed by atoms with E-state index in [1.165, 1.54) is 24.8 Å². The molecule has 0 radical (unpaired) electrons. The number of nitrogens with zero attached hydrogens (tertiary/aromatic N) is 2. The molecule has 1 fully saturated rings. The predicted octanol–water partition coefficient (Wildman–Crippen LogP) is 2.75. The Labute approximate surface area is 105 Å². The van der Waals surface area contributed by atoms with Crippen molar-refractivity contribution in [2.75, 3.05) is 5.73 Å². The minimum atomic E-state index is 0.583. The van der Waals surface area contributed by atoms with Gasteiger partial charge in [-0.15, -0.1) is 0 Å². The van der Waals surface area contributed by atoms with Crippen LogP contribution in [0.3, 0.4) is 0 Å². The van der Waals surface area contributed by atoms with Crippen molar-refractivity contribution < 1.29 is 4.74 Å². The second-order valence-corrected chi connectivity index (χ2v) is 5.11. The second kappa shape index (κ2) is 3.51. The standard InChI is InChI=1S/C14H15N3O/c15-10-4-5-13-12(6-10)14-9(8-18-13)7-17(16-14)11-2-1-3-11/h4-7,11H,1-3,8,15H2. The first kappa shape index (κ1) is 10.00. The van der Waals surface area contributed by atoms with E-state index in [-0.39, 0.29) is 0 Å². The summed E-state index contributed by atoms with van der Waals surface area (Å²) in [6, 6.07) is 6.33. The smallest absolute Gasteiger partial charge is 0.129 e. The summed E-state index contributed by atoms with van der Waals surface area (Å²) in [5, 5.41) is 4.74. The van der Waals surface area contributed by atoms with Gasteiger partial charge in [0.25, 0.3) is 0 Å². The highest BCUT2D eigenvalue weighted by atomic mass is 16.5. The minimum absolute atomic E-state index is 0.583. The van der Waals surface area contributed by atoms with E-state index in [9.17, 15) is 0 Å². The normalized spacial score (nSPS) is 17.6. The Hall–Kier alpha value is -1.97. The fourth-order valence-electron chi connectivity index (χ4n) is 2.61. The molecule has 0 unspecified atom stereocenters. The summed E-state index contributed by atoms with van der Waals surface area (Å²) in [7, 11) is 0. The molecule has 4 heteroatoms. The van der Waals surface area contributed by atoms with Gasteiger partial charge in [0.15, 0.2) is 0 Å². The van der Waals surface area contributed by atoms with Gasteiger partial charge < -0.3 is 10.5 Å². The van der Waals surface area contributed by atoms with Crippen molar-refractivity contribution in [3.63, 3.8) is 0 Å². The highest BCUT2D eigenvalue weighted by Gasteiger charge is 2.26. The molecule has 0 bridgehead atoms. The summed E-state index contributed by atoms with van der Waals surface area (Å²) in [5.74, 6) is 0.885. The van der Waals surface area contributed by atoms with Gasteiger partial charge >= 0.3 is 0 Å². The van der Waals surface area contributed by atoms with E-state index in [1.807, 2.05) is 18.2 Å². The maximum Gasteiger partial charge on any atom is 0.129 e. The van der Waals surface area contributed by atoms with Crippen molar-refractivity contribution in [2.45, 2.75) is 31.9 Å². The van der Waals surface area contributed by atoms with Crippen molar-refractivity contribution in [3.8, 4) is 17.0 Å². The third kappa shape index (κ3) is 1.35. The SMILES string of the molecule is Nc1ccc2c(c1)-c1nn(C3CCC3)cc1CO2. The molecule has 0 amide bonds. The maximum atomic E-state index is 5.85. The van der Waals surface area contributed by atoms with Crippen LogP contribution in [0.15, 0.2) is 24.4 Å². The molecule has 2 aliphatic rings. The molecule has 0 atom stereocenters. The monoisotopic (exact) mass is 241 g/mol. The second-order valence-electron chi connectivity index (χ2n) is 5.11. The fourth-order valence-corrected chi connectivity index (χ4v) is 2.61. The lowest BCUT2D eigenvalue weighted by Crippen LogP contribution is -2.17.